The molecule has 0 aliphatic heterocycles. The lowest BCUT2D eigenvalue weighted by molar-refractivity contribution is 0.824. The molecule has 2 aromatic heterocycles. The number of anilines is 1. The Labute approximate surface area is 155 Å². The lowest BCUT2D eigenvalue weighted by Crippen LogP contribution is -2.22. The van der Waals surface area contributed by atoms with Gasteiger partial charge in [-0.25, -0.2) is 15.0 Å². The van der Waals surface area contributed by atoms with E-state index in [9.17, 15) is 4.79 Å². The summed E-state index contributed by atoms with van der Waals surface area (Å²) in [5.41, 5.74) is 4.91. The largest absolute Gasteiger partial charge is 0.412 e. The molecule has 2 aromatic carbocycles. The number of rotatable bonds is 4. The van der Waals surface area contributed by atoms with Gasteiger partial charge in [0.1, 0.15) is 0 Å². The van der Waals surface area contributed by atoms with Gasteiger partial charge in [0.15, 0.2) is 0 Å². The molecule has 0 radical (unpaired) electrons. The van der Waals surface area contributed by atoms with Gasteiger partial charge < -0.3 is 5.48 Å². The number of hydrogen-bond donors (Lipinski definition) is 1. The van der Waals surface area contributed by atoms with Gasteiger partial charge in [0.25, 0.3) is 5.56 Å². The highest BCUT2D eigenvalue weighted by Crippen LogP contribution is 2.16. The van der Waals surface area contributed by atoms with Crippen molar-refractivity contribution in [2.75, 3.05) is 5.43 Å². The van der Waals surface area contributed by atoms with E-state index in [1.54, 1.807) is 24.7 Å². The van der Waals surface area contributed by atoms with Crippen molar-refractivity contribution in [1.82, 2.24) is 14.5 Å². The zero-order chi connectivity index (χ0) is 17.8. The number of para-hydroxylation sites is 2. The third-order valence-electron chi connectivity index (χ3n) is 3.85. The molecule has 0 spiro atoms. The predicted octanol–water partition coefficient (Wildman–Crippen LogP) is 2.40. The Morgan fingerprint density at radius 2 is 1.74 bits per heavy atom. The second kappa shape index (κ2) is 8.03. The second-order valence-electron chi connectivity index (χ2n) is 5.59. The Morgan fingerprint density at radius 1 is 0.963 bits per heavy atom. The van der Waals surface area contributed by atoms with Crippen LogP contribution in [0.4, 0.5) is 5.95 Å². The zero-order valence-corrected chi connectivity index (χ0v) is 14.3. The molecule has 0 saturated carbocycles. The van der Waals surface area contributed by atoms with E-state index in [2.05, 4.69) is 20.5 Å². The van der Waals surface area contributed by atoms with Crippen molar-refractivity contribution in [3.63, 3.8) is 0 Å². The maximum absolute atomic E-state index is 13.0. The van der Waals surface area contributed by atoms with E-state index < -0.39 is 0 Å². The normalized spacial score (nSPS) is 10.7. The van der Waals surface area contributed by atoms with Crippen molar-refractivity contribution >= 4 is 23.1 Å². The lowest BCUT2D eigenvalue weighted by atomic mass is 10.2. The molecule has 0 fully saturated rings. The van der Waals surface area contributed by atoms with Gasteiger partial charge in [-0.1, -0.05) is 36.4 Å². The maximum atomic E-state index is 13.0. The molecule has 7 heteroatoms. The van der Waals surface area contributed by atoms with Crippen LogP contribution in [-0.4, -0.2) is 26.2 Å². The molecule has 0 bridgehead atoms. The Balaban J connectivity index is 0.00000210. The van der Waals surface area contributed by atoms with Crippen molar-refractivity contribution in [2.45, 2.75) is 0 Å². The standard InChI is InChI=1S/C20H15N5O.H2O/c26-19-17-10-4-5-11-18(17)23-20(25(19)16-8-2-1-3-9-16)24-22-14-15-7-6-12-21-13-15;/h1-14H,(H,23,24);1H2/b22-14+;. The average molecular weight is 359 g/mol. The Morgan fingerprint density at radius 3 is 2.52 bits per heavy atom. The van der Waals surface area contributed by atoms with E-state index in [0.717, 1.165) is 11.3 Å². The first kappa shape index (κ1) is 18.0. The van der Waals surface area contributed by atoms with Crippen molar-refractivity contribution < 1.29 is 5.48 Å². The van der Waals surface area contributed by atoms with Gasteiger partial charge in [-0.2, -0.15) is 5.10 Å². The molecule has 0 amide bonds. The first-order valence-corrected chi connectivity index (χ1v) is 8.09. The zero-order valence-electron chi connectivity index (χ0n) is 14.3. The minimum atomic E-state index is -0.152. The van der Waals surface area contributed by atoms with Crippen LogP contribution in [0.2, 0.25) is 0 Å². The monoisotopic (exact) mass is 359 g/mol. The summed E-state index contributed by atoms with van der Waals surface area (Å²) in [4.78, 5) is 21.6. The summed E-state index contributed by atoms with van der Waals surface area (Å²) < 4.78 is 1.52. The first-order valence-electron chi connectivity index (χ1n) is 8.09. The average Bonchev–Trinajstić information content (AvgIpc) is 2.70. The second-order valence-corrected chi connectivity index (χ2v) is 5.59. The van der Waals surface area contributed by atoms with E-state index in [1.165, 1.54) is 4.57 Å². The molecule has 27 heavy (non-hydrogen) atoms. The molecule has 0 unspecified atom stereocenters. The number of fused-ring (bicyclic) bond motifs is 1. The highest BCUT2D eigenvalue weighted by Gasteiger charge is 2.11. The number of nitrogens with zero attached hydrogens (tertiary/aromatic N) is 4. The van der Waals surface area contributed by atoms with Gasteiger partial charge >= 0.3 is 0 Å². The number of benzene rings is 2. The minimum Gasteiger partial charge on any atom is -0.412 e. The Kier molecular flexibility index (Phi) is 5.34. The topological polar surface area (TPSA) is 104 Å². The van der Waals surface area contributed by atoms with Crippen LogP contribution in [0.5, 0.6) is 0 Å². The number of nitrogens with one attached hydrogen (secondary N) is 1. The van der Waals surface area contributed by atoms with Gasteiger partial charge in [0, 0.05) is 18.0 Å². The molecule has 0 saturated heterocycles. The highest BCUT2D eigenvalue weighted by atomic mass is 16.1. The van der Waals surface area contributed by atoms with Crippen LogP contribution in [0.3, 0.4) is 0 Å². The third kappa shape index (κ3) is 3.73. The maximum Gasteiger partial charge on any atom is 0.267 e. The molecule has 2 heterocycles. The summed E-state index contributed by atoms with van der Waals surface area (Å²) in [6.45, 7) is 0. The predicted molar refractivity (Wildman–Crippen MR) is 106 cm³/mol. The van der Waals surface area contributed by atoms with Gasteiger partial charge in [-0.15, -0.1) is 0 Å². The summed E-state index contributed by atoms with van der Waals surface area (Å²) in [5, 5.41) is 4.76. The fourth-order valence-electron chi connectivity index (χ4n) is 2.64. The molecule has 4 aromatic rings. The SMILES string of the molecule is O.O=c1c2ccccc2nc(N/N=C/c2cccnc2)n1-c1ccccc1. The Bertz CT molecular complexity index is 1130. The van der Waals surface area contributed by atoms with Crippen LogP contribution in [-0.2, 0) is 0 Å². The molecular formula is C20H17N5O2. The van der Waals surface area contributed by atoms with E-state index in [-0.39, 0.29) is 11.0 Å². The van der Waals surface area contributed by atoms with Crippen molar-refractivity contribution in [3.8, 4) is 5.69 Å². The number of aromatic nitrogens is 3. The molecule has 0 aliphatic rings. The van der Waals surface area contributed by atoms with Crippen LogP contribution in [0, 0.1) is 0 Å². The summed E-state index contributed by atoms with van der Waals surface area (Å²) in [7, 11) is 0. The van der Waals surface area contributed by atoms with E-state index in [4.69, 9.17) is 0 Å². The fraction of sp³-hybridized carbons (Fsp3) is 0. The van der Waals surface area contributed by atoms with E-state index in [0.29, 0.717) is 16.9 Å². The van der Waals surface area contributed by atoms with Crippen molar-refractivity contribution in [3.05, 3.63) is 95.0 Å². The minimum absolute atomic E-state index is 0. The van der Waals surface area contributed by atoms with Crippen molar-refractivity contribution in [2.24, 2.45) is 5.10 Å². The fourth-order valence-corrected chi connectivity index (χ4v) is 2.64. The summed E-state index contributed by atoms with van der Waals surface area (Å²) >= 11 is 0. The number of pyridine rings is 1. The van der Waals surface area contributed by atoms with E-state index >= 15 is 0 Å². The molecule has 7 nitrogen and oxygen atoms in total. The summed E-state index contributed by atoms with van der Waals surface area (Å²) in [5.74, 6) is 0.347. The molecule has 3 N–H and O–H groups in total. The van der Waals surface area contributed by atoms with Crippen LogP contribution in [0.15, 0.2) is 89.0 Å². The van der Waals surface area contributed by atoms with Crippen LogP contribution in [0.1, 0.15) is 5.56 Å². The van der Waals surface area contributed by atoms with Gasteiger partial charge in [-0.3, -0.25) is 9.78 Å². The van der Waals surface area contributed by atoms with Gasteiger partial charge in [0.05, 0.1) is 22.8 Å². The van der Waals surface area contributed by atoms with Crippen molar-refractivity contribution in [1.29, 1.82) is 0 Å². The molecular weight excluding hydrogens is 342 g/mol. The van der Waals surface area contributed by atoms with Gasteiger partial charge in [0.2, 0.25) is 5.95 Å². The molecule has 0 aliphatic carbocycles. The first-order chi connectivity index (χ1) is 12.8. The summed E-state index contributed by atoms with van der Waals surface area (Å²) in [6, 6.07) is 20.3. The van der Waals surface area contributed by atoms with Crippen LogP contribution < -0.4 is 11.0 Å². The smallest absolute Gasteiger partial charge is 0.267 e. The molecule has 0 atom stereocenters. The third-order valence-corrected chi connectivity index (χ3v) is 3.85. The van der Waals surface area contributed by atoms with E-state index in [1.807, 2.05) is 60.7 Å². The number of hydrogen-bond acceptors (Lipinski definition) is 5. The highest BCUT2D eigenvalue weighted by molar-refractivity contribution is 5.81. The summed E-state index contributed by atoms with van der Waals surface area (Å²) in [6.07, 6.45) is 5.02. The van der Waals surface area contributed by atoms with Crippen LogP contribution in [0.25, 0.3) is 16.6 Å². The molecule has 134 valence electrons. The Hall–Kier alpha value is -3.84. The van der Waals surface area contributed by atoms with Gasteiger partial charge in [-0.05, 0) is 30.3 Å². The van der Waals surface area contributed by atoms with Crippen LogP contribution >= 0.6 is 0 Å². The molecule has 4 rings (SSSR count). The quantitative estimate of drug-likeness (QED) is 0.446. The number of hydrazone groups is 1. The lowest BCUT2D eigenvalue weighted by Gasteiger charge is -2.12.